The summed E-state index contributed by atoms with van der Waals surface area (Å²) >= 11 is 0. The summed E-state index contributed by atoms with van der Waals surface area (Å²) in [5.41, 5.74) is 2.17. The maximum atomic E-state index is 10.5. The lowest BCUT2D eigenvalue weighted by Gasteiger charge is -2.11. The minimum atomic E-state index is -0.816. The van der Waals surface area contributed by atoms with Crippen LogP contribution < -0.4 is 0 Å². The molecule has 2 aromatic rings. The number of aryl methyl sites for hydroxylation is 1. The number of carboxylic acids is 1. The molecule has 0 aliphatic heterocycles. The summed E-state index contributed by atoms with van der Waals surface area (Å²) in [5, 5.41) is 12.6. The predicted octanol–water partition coefficient (Wildman–Crippen LogP) is 2.21. The molecule has 1 aromatic carbocycles. The Balaban J connectivity index is 1.98. The Labute approximate surface area is 123 Å². The smallest absolute Gasteiger partial charge is 0.304 e. The number of aliphatic carboxylic acids is 1. The SMILES string of the molecule is CCc1ccc(-c2noc(CN(C)CCC(=O)O)n2)cc1. The highest BCUT2D eigenvalue weighted by atomic mass is 16.5. The first-order valence-electron chi connectivity index (χ1n) is 6.90. The van der Waals surface area contributed by atoms with E-state index in [4.69, 9.17) is 9.63 Å². The second-order valence-electron chi connectivity index (χ2n) is 4.94. The van der Waals surface area contributed by atoms with Gasteiger partial charge in [0.25, 0.3) is 0 Å². The Morgan fingerprint density at radius 3 is 2.67 bits per heavy atom. The minimum Gasteiger partial charge on any atom is -0.481 e. The Hall–Kier alpha value is -2.21. The van der Waals surface area contributed by atoms with E-state index in [2.05, 4.69) is 17.1 Å². The van der Waals surface area contributed by atoms with Crippen LogP contribution in [0, 0.1) is 0 Å². The van der Waals surface area contributed by atoms with Gasteiger partial charge in [0.05, 0.1) is 13.0 Å². The molecule has 21 heavy (non-hydrogen) atoms. The second-order valence-corrected chi connectivity index (χ2v) is 4.94. The van der Waals surface area contributed by atoms with E-state index < -0.39 is 5.97 Å². The van der Waals surface area contributed by atoms with Gasteiger partial charge in [-0.15, -0.1) is 0 Å². The van der Waals surface area contributed by atoms with E-state index in [1.165, 1.54) is 5.56 Å². The minimum absolute atomic E-state index is 0.0932. The van der Waals surface area contributed by atoms with Gasteiger partial charge < -0.3 is 9.63 Å². The van der Waals surface area contributed by atoms with Crippen LogP contribution in [0.5, 0.6) is 0 Å². The fraction of sp³-hybridized carbons (Fsp3) is 0.400. The second kappa shape index (κ2) is 6.99. The van der Waals surface area contributed by atoms with E-state index in [-0.39, 0.29) is 6.42 Å². The van der Waals surface area contributed by atoms with E-state index in [0.29, 0.717) is 24.8 Å². The molecule has 1 aromatic heterocycles. The molecule has 0 aliphatic rings. The van der Waals surface area contributed by atoms with Crippen LogP contribution in [-0.4, -0.2) is 39.7 Å². The first-order valence-corrected chi connectivity index (χ1v) is 6.90. The molecular weight excluding hydrogens is 270 g/mol. The van der Waals surface area contributed by atoms with Gasteiger partial charge in [-0.25, -0.2) is 0 Å². The standard InChI is InChI=1S/C15H19N3O3/c1-3-11-4-6-12(7-5-11)15-16-13(21-17-15)10-18(2)9-8-14(19)20/h4-7H,3,8-10H2,1-2H3,(H,19,20). The Kier molecular flexibility index (Phi) is 5.05. The van der Waals surface area contributed by atoms with Crippen molar-refractivity contribution in [2.75, 3.05) is 13.6 Å². The number of benzene rings is 1. The van der Waals surface area contributed by atoms with Gasteiger partial charge in [-0.1, -0.05) is 36.3 Å². The molecular formula is C15H19N3O3. The number of hydrogen-bond acceptors (Lipinski definition) is 5. The summed E-state index contributed by atoms with van der Waals surface area (Å²) in [7, 11) is 1.82. The Morgan fingerprint density at radius 1 is 1.33 bits per heavy atom. The molecule has 0 bridgehead atoms. The largest absolute Gasteiger partial charge is 0.481 e. The first-order chi connectivity index (χ1) is 10.1. The van der Waals surface area contributed by atoms with Crippen LogP contribution in [0.15, 0.2) is 28.8 Å². The predicted molar refractivity (Wildman–Crippen MR) is 77.7 cm³/mol. The normalized spacial score (nSPS) is 11.0. The number of carboxylic acid groups (broad SMARTS) is 1. The van der Waals surface area contributed by atoms with Gasteiger partial charge in [0.15, 0.2) is 0 Å². The number of rotatable bonds is 7. The molecule has 0 fully saturated rings. The lowest BCUT2D eigenvalue weighted by atomic mass is 10.1. The average Bonchev–Trinajstić information content (AvgIpc) is 2.93. The molecule has 1 heterocycles. The number of nitrogens with zero attached hydrogens (tertiary/aromatic N) is 3. The topological polar surface area (TPSA) is 79.5 Å². The number of aromatic nitrogens is 2. The zero-order chi connectivity index (χ0) is 15.2. The van der Waals surface area contributed by atoms with Crippen molar-refractivity contribution in [3.8, 4) is 11.4 Å². The summed E-state index contributed by atoms with van der Waals surface area (Å²) in [6.07, 6.45) is 1.09. The van der Waals surface area contributed by atoms with E-state index in [0.717, 1.165) is 12.0 Å². The van der Waals surface area contributed by atoms with Gasteiger partial charge in [-0.3, -0.25) is 9.69 Å². The third-order valence-corrected chi connectivity index (χ3v) is 3.20. The van der Waals surface area contributed by atoms with E-state index in [1.54, 1.807) is 0 Å². The highest BCUT2D eigenvalue weighted by molar-refractivity contribution is 5.66. The fourth-order valence-corrected chi connectivity index (χ4v) is 1.92. The van der Waals surface area contributed by atoms with Crippen molar-refractivity contribution in [1.29, 1.82) is 0 Å². The van der Waals surface area contributed by atoms with Crippen molar-refractivity contribution in [1.82, 2.24) is 15.0 Å². The zero-order valence-corrected chi connectivity index (χ0v) is 12.2. The Morgan fingerprint density at radius 2 is 2.05 bits per heavy atom. The van der Waals surface area contributed by atoms with Crippen LogP contribution in [0.4, 0.5) is 0 Å². The van der Waals surface area contributed by atoms with Crippen molar-refractivity contribution in [3.05, 3.63) is 35.7 Å². The van der Waals surface area contributed by atoms with Crippen LogP contribution in [-0.2, 0) is 17.8 Å². The molecule has 0 saturated heterocycles. The van der Waals surface area contributed by atoms with Gasteiger partial charge in [0.2, 0.25) is 11.7 Å². The molecule has 1 N–H and O–H groups in total. The van der Waals surface area contributed by atoms with Crippen LogP contribution in [0.25, 0.3) is 11.4 Å². The maximum Gasteiger partial charge on any atom is 0.304 e. The zero-order valence-electron chi connectivity index (χ0n) is 12.2. The third kappa shape index (κ3) is 4.39. The van der Waals surface area contributed by atoms with Gasteiger partial charge >= 0.3 is 5.97 Å². The van der Waals surface area contributed by atoms with Crippen molar-refractivity contribution >= 4 is 5.97 Å². The first kappa shape index (κ1) is 15.2. The third-order valence-electron chi connectivity index (χ3n) is 3.20. The lowest BCUT2D eigenvalue weighted by molar-refractivity contribution is -0.137. The summed E-state index contributed by atoms with van der Waals surface area (Å²) in [4.78, 5) is 16.7. The molecule has 0 radical (unpaired) electrons. The van der Waals surface area contributed by atoms with E-state index in [9.17, 15) is 4.79 Å². The van der Waals surface area contributed by atoms with E-state index in [1.807, 2.05) is 36.2 Å². The molecule has 6 nitrogen and oxygen atoms in total. The molecule has 0 spiro atoms. The summed E-state index contributed by atoms with van der Waals surface area (Å²) in [5.74, 6) is 0.223. The van der Waals surface area contributed by atoms with Crippen molar-refractivity contribution in [3.63, 3.8) is 0 Å². The molecule has 0 aliphatic carbocycles. The quantitative estimate of drug-likeness (QED) is 0.841. The van der Waals surface area contributed by atoms with Gasteiger partial charge in [-0.05, 0) is 19.0 Å². The van der Waals surface area contributed by atoms with Crippen molar-refractivity contribution < 1.29 is 14.4 Å². The molecule has 0 amide bonds. The summed E-state index contributed by atoms with van der Waals surface area (Å²) in [6.45, 7) is 2.99. The van der Waals surface area contributed by atoms with Crippen molar-refractivity contribution in [2.24, 2.45) is 0 Å². The van der Waals surface area contributed by atoms with Crippen molar-refractivity contribution in [2.45, 2.75) is 26.3 Å². The fourth-order valence-electron chi connectivity index (χ4n) is 1.92. The monoisotopic (exact) mass is 289 g/mol. The molecule has 6 heteroatoms. The lowest BCUT2D eigenvalue weighted by Crippen LogP contribution is -2.21. The number of carbonyl (C=O) groups is 1. The van der Waals surface area contributed by atoms with Crippen LogP contribution in [0.2, 0.25) is 0 Å². The summed E-state index contributed by atoms with van der Waals surface area (Å²) < 4.78 is 5.20. The van der Waals surface area contributed by atoms with Gasteiger partial charge in [0.1, 0.15) is 0 Å². The highest BCUT2D eigenvalue weighted by Crippen LogP contribution is 2.17. The van der Waals surface area contributed by atoms with E-state index >= 15 is 0 Å². The maximum absolute atomic E-state index is 10.5. The van der Waals surface area contributed by atoms with Gasteiger partial charge in [0, 0.05) is 12.1 Å². The molecule has 0 atom stereocenters. The molecule has 0 unspecified atom stereocenters. The van der Waals surface area contributed by atoms with Crippen LogP contribution in [0.3, 0.4) is 0 Å². The Bertz CT molecular complexity index is 592. The molecule has 2 rings (SSSR count). The molecule has 0 saturated carbocycles. The summed E-state index contributed by atoms with van der Waals surface area (Å²) in [6, 6.07) is 8.04. The average molecular weight is 289 g/mol. The van der Waals surface area contributed by atoms with Gasteiger partial charge in [-0.2, -0.15) is 4.98 Å². The van der Waals surface area contributed by atoms with Crippen LogP contribution >= 0.6 is 0 Å². The number of hydrogen-bond donors (Lipinski definition) is 1. The van der Waals surface area contributed by atoms with Crippen LogP contribution in [0.1, 0.15) is 24.8 Å². The highest BCUT2D eigenvalue weighted by Gasteiger charge is 2.11. The molecule has 112 valence electrons.